The van der Waals surface area contributed by atoms with Gasteiger partial charge < -0.3 is 148 Å². The van der Waals surface area contributed by atoms with Crippen LogP contribution in [0.1, 0.15) is 94.4 Å². The molecule has 0 radical (unpaired) electrons. The molecule has 5 aliphatic rings. The minimum Gasteiger partial charge on any atom is -0.394 e. The molecule has 5 heterocycles. The summed E-state index contributed by atoms with van der Waals surface area (Å²) in [7, 11) is 0. The number of ether oxygens (including phenoxy) is 6. The van der Waals surface area contributed by atoms with Gasteiger partial charge >= 0.3 is 0 Å². The summed E-state index contributed by atoms with van der Waals surface area (Å²) in [6.45, 7) is 8.29. The normalized spacial score (nSPS) is 32.8. The molecule has 29 atom stereocenters. The number of nitrogens with two attached hydrogens (primary N) is 1. The van der Waals surface area contributed by atoms with Crippen molar-refractivity contribution in [2.45, 2.75) is 265 Å². The van der Waals surface area contributed by atoms with Gasteiger partial charge in [0.05, 0.1) is 50.3 Å². The average Bonchev–Trinajstić information content (AvgIpc) is 1.78. The van der Waals surface area contributed by atoms with Crippen molar-refractivity contribution in [2.75, 3.05) is 32.9 Å². The Bertz CT molecular complexity index is 2700. The number of carbonyl (C=O) groups is 10. The lowest BCUT2D eigenvalue weighted by atomic mass is 9.96. The topological polar surface area (TPSA) is 606 Å². The summed E-state index contributed by atoms with van der Waals surface area (Å²) in [6, 6.07) is -15.2. The monoisotopic (exact) mass is 1400 g/mol. The lowest BCUT2D eigenvalue weighted by Gasteiger charge is -2.47. The number of aliphatic hydroxyl groups excluding tert-OH is 13. The second-order valence-corrected chi connectivity index (χ2v) is 25.2. The Morgan fingerprint density at radius 1 is 0.515 bits per heavy atom. The molecule has 5 saturated heterocycles. The third-order valence-corrected chi connectivity index (χ3v) is 17.7. The van der Waals surface area contributed by atoms with Crippen LogP contribution < -0.4 is 43.0 Å². The smallest absolute Gasteiger partial charge is 0.248 e. The molecule has 554 valence electrons. The summed E-state index contributed by atoms with van der Waals surface area (Å²) >= 11 is 0. The first kappa shape index (κ1) is 81.6. The lowest BCUT2D eigenvalue weighted by molar-refractivity contribution is -0.364. The van der Waals surface area contributed by atoms with Crippen LogP contribution in [0.25, 0.3) is 0 Å². The number of hydrogen-bond acceptors (Lipinski definition) is 29. The van der Waals surface area contributed by atoms with Gasteiger partial charge in [0.25, 0.3) is 0 Å². The van der Waals surface area contributed by atoms with E-state index >= 15 is 0 Å². The third kappa shape index (κ3) is 20.3. The molecule has 5 aliphatic heterocycles. The van der Waals surface area contributed by atoms with Crippen molar-refractivity contribution >= 4 is 59.1 Å². The maximum absolute atomic E-state index is 15.0. The van der Waals surface area contributed by atoms with Crippen molar-refractivity contribution in [1.82, 2.24) is 47.0 Å². The van der Waals surface area contributed by atoms with Gasteiger partial charge in [0, 0.05) is 26.9 Å². The lowest BCUT2D eigenvalue weighted by Crippen LogP contribution is -2.67. The Balaban J connectivity index is 1.44. The Kier molecular flexibility index (Phi) is 30.6. The van der Waals surface area contributed by atoms with Crippen LogP contribution in [0.3, 0.4) is 0 Å². The van der Waals surface area contributed by atoms with E-state index in [0.717, 1.165) is 46.4 Å². The number of primary amides is 1. The van der Waals surface area contributed by atoms with Gasteiger partial charge in [-0.25, -0.2) is 0 Å². The molecule has 22 N–H and O–H groups in total. The zero-order chi connectivity index (χ0) is 72.9. The standard InChI is InChI=1S/C58H98N10O29/c1-10-20(2)33(51(87)64-36(23(5)73)52(88)62-34(21(3)71)48(59)84)61-50(86)29-14-12-16-68(29)55(91)37(24(6)74)65-54(90)38(66-53(89)35(22(4)72)63-49(85)28-13-11-15-67(28)27(9)76)25(7)93-56-39(60-26(8)75)43(80)41(78)32(96-56)19-92-57-46(83)47(42(79)31(18-70)94-57)97-58-45(82)44(81)40(77)30(17-69)95-58/h20-25,28-47,56-58,69-74,77-83H,10-19H2,1-9H3,(H2,59,84)(H,60,75)(H,61,86)(H,62,88)(H,63,85)(H,64,87)(H,65,90)(H,66,89)/t20-,21+,22+,23+,24+,25+,28-,29-,30+,31+,32+,33-,34-,35-,36-,37-,38-,39+,40-,41-,42-,43+,44-,45+,46+,47-,56-,57+,58-/m0/s1. The second kappa shape index (κ2) is 36.3. The number of hydrogen-bond donors (Lipinski definition) is 21. The minimum atomic E-state index is -2.15. The van der Waals surface area contributed by atoms with Gasteiger partial charge in [-0.2, -0.15) is 0 Å². The summed E-state index contributed by atoms with van der Waals surface area (Å²) in [5.41, 5.74) is 5.31. The van der Waals surface area contributed by atoms with Crippen LogP contribution in [0.4, 0.5) is 0 Å². The summed E-state index contributed by atoms with van der Waals surface area (Å²) in [6.07, 6.45) is -34.3. The maximum Gasteiger partial charge on any atom is 0.248 e. The Labute approximate surface area is 557 Å². The molecule has 39 heteroatoms. The maximum atomic E-state index is 15.0. The average molecular weight is 1400 g/mol. The van der Waals surface area contributed by atoms with Gasteiger partial charge in [0.15, 0.2) is 18.9 Å². The molecule has 97 heavy (non-hydrogen) atoms. The van der Waals surface area contributed by atoms with Crippen LogP contribution in [0.15, 0.2) is 0 Å². The summed E-state index contributed by atoms with van der Waals surface area (Å²) < 4.78 is 34.6. The van der Waals surface area contributed by atoms with Crippen LogP contribution in [-0.4, -0.2) is 339 Å². The van der Waals surface area contributed by atoms with Crippen molar-refractivity contribution < 1.29 is 143 Å². The van der Waals surface area contributed by atoms with Gasteiger partial charge in [0.2, 0.25) is 59.1 Å². The van der Waals surface area contributed by atoms with E-state index in [-0.39, 0.29) is 38.8 Å². The molecule has 10 amide bonds. The highest BCUT2D eigenvalue weighted by Crippen LogP contribution is 2.32. The molecule has 0 aromatic carbocycles. The molecule has 5 fully saturated rings. The van der Waals surface area contributed by atoms with Crippen molar-refractivity contribution in [2.24, 2.45) is 11.7 Å². The van der Waals surface area contributed by atoms with E-state index in [2.05, 4.69) is 37.2 Å². The highest BCUT2D eigenvalue weighted by atomic mass is 16.7. The van der Waals surface area contributed by atoms with Crippen LogP contribution in [0, 0.1) is 5.92 Å². The largest absolute Gasteiger partial charge is 0.394 e. The highest BCUT2D eigenvalue weighted by Gasteiger charge is 2.54. The van der Waals surface area contributed by atoms with E-state index in [1.807, 2.05) is 0 Å². The highest BCUT2D eigenvalue weighted by molar-refractivity contribution is 5.99. The quantitative estimate of drug-likeness (QED) is 0.0306. The third-order valence-electron chi connectivity index (χ3n) is 17.7. The first-order chi connectivity index (χ1) is 45.4. The number of nitrogens with one attached hydrogen (secondary N) is 7. The van der Waals surface area contributed by atoms with Crippen molar-refractivity contribution in [3.05, 3.63) is 0 Å². The first-order valence-corrected chi connectivity index (χ1v) is 32.0. The van der Waals surface area contributed by atoms with Gasteiger partial charge in [-0.3, -0.25) is 47.9 Å². The molecule has 0 aromatic rings. The number of likely N-dealkylation sites (tertiary alicyclic amines) is 2. The van der Waals surface area contributed by atoms with Gasteiger partial charge in [0.1, 0.15) is 122 Å². The molecule has 0 aliphatic carbocycles. The van der Waals surface area contributed by atoms with Gasteiger partial charge in [-0.05, 0) is 66.2 Å². The van der Waals surface area contributed by atoms with E-state index < -0.39 is 256 Å². The predicted octanol–water partition coefficient (Wildman–Crippen LogP) is -12.1. The fraction of sp³-hybridized carbons (Fsp3) is 0.828. The molecule has 39 nitrogen and oxygen atoms in total. The molecule has 0 spiro atoms. The van der Waals surface area contributed by atoms with Gasteiger partial charge in [-0.1, -0.05) is 20.3 Å². The summed E-state index contributed by atoms with van der Waals surface area (Å²) in [5.74, 6) is -10.8. The number of aliphatic hydroxyl groups is 13. The van der Waals surface area contributed by atoms with Crippen molar-refractivity contribution in [3.8, 4) is 0 Å². The van der Waals surface area contributed by atoms with E-state index in [9.17, 15) is 114 Å². The summed E-state index contributed by atoms with van der Waals surface area (Å²) in [5, 5.41) is 156. The van der Waals surface area contributed by atoms with Crippen LogP contribution in [-0.2, 0) is 76.4 Å². The Morgan fingerprint density at radius 2 is 0.959 bits per heavy atom. The molecular weight excluding hydrogens is 1300 g/mol. The number of carbonyl (C=O) groups excluding carboxylic acids is 10. The molecular formula is C58H98N10O29. The Morgan fingerprint density at radius 3 is 1.47 bits per heavy atom. The Hall–Kier alpha value is -6.06. The van der Waals surface area contributed by atoms with E-state index in [1.165, 1.54) is 11.8 Å². The molecule has 5 rings (SSSR count). The fourth-order valence-corrected chi connectivity index (χ4v) is 11.8. The SMILES string of the molecule is CC[C@H](C)[C@H](NC(=O)[C@@H]1CCCN1C(=O)[C@@H](NC(=O)[C@@H](NC(=O)[C@@H](NC(=O)[C@@H]1CCCN1C(C)=O)[C@@H](C)O)[C@@H](C)O[C@H]1O[C@H](CO[C@@H]2O[C@H](CO)[C@H](O)[C@H](O[C@@H]3O[C@H](CO)[C@H](O)[C@H](O)[C@H]3O)[C@H]2O)[C@H](O)[C@H](O)[C@H]1NC(C)=O)[C@@H](C)O)C(=O)N[C@H](C(=O)N[C@H](C(N)=O)[C@@H](C)O)[C@@H](C)O. The summed E-state index contributed by atoms with van der Waals surface area (Å²) in [4.78, 5) is 139. The molecule has 0 unspecified atom stereocenters. The van der Waals surface area contributed by atoms with Gasteiger partial charge in [-0.15, -0.1) is 0 Å². The number of nitrogens with zero attached hydrogens (tertiary/aromatic N) is 2. The fourth-order valence-electron chi connectivity index (χ4n) is 11.8. The van der Waals surface area contributed by atoms with E-state index in [1.54, 1.807) is 13.8 Å². The zero-order valence-electron chi connectivity index (χ0n) is 55.1. The number of amides is 10. The molecule has 0 saturated carbocycles. The van der Waals surface area contributed by atoms with E-state index in [4.69, 9.17) is 34.2 Å². The first-order valence-electron chi connectivity index (χ1n) is 32.0. The van der Waals surface area contributed by atoms with Crippen molar-refractivity contribution in [3.63, 3.8) is 0 Å². The predicted molar refractivity (Wildman–Crippen MR) is 323 cm³/mol. The van der Waals surface area contributed by atoms with Crippen molar-refractivity contribution in [1.29, 1.82) is 0 Å². The van der Waals surface area contributed by atoms with Crippen LogP contribution >= 0.6 is 0 Å². The van der Waals surface area contributed by atoms with Crippen LogP contribution in [0.5, 0.6) is 0 Å². The zero-order valence-corrected chi connectivity index (χ0v) is 55.1. The van der Waals surface area contributed by atoms with Crippen LogP contribution in [0.2, 0.25) is 0 Å². The molecule has 0 bridgehead atoms. The number of rotatable bonds is 31. The second-order valence-electron chi connectivity index (χ2n) is 25.2. The molecule has 0 aromatic heterocycles. The van der Waals surface area contributed by atoms with E-state index in [0.29, 0.717) is 6.42 Å². The minimum absolute atomic E-state index is 0.0506.